The van der Waals surface area contributed by atoms with E-state index < -0.39 is 6.09 Å². The molecular weight excluding hydrogens is 1480 g/mol. The number of alkyl halides is 2. The number of aryl methyl sites for hydroxylation is 2. The summed E-state index contributed by atoms with van der Waals surface area (Å²) in [5.74, 6) is 0.723. The molecule has 10 aromatic rings. The zero-order valence-corrected chi connectivity index (χ0v) is 65.0. The first-order chi connectivity index (χ1) is 54.0. The maximum atomic E-state index is 14.3. The molecule has 3 aliphatic rings. The Morgan fingerprint density at radius 2 is 1.08 bits per heavy atom. The van der Waals surface area contributed by atoms with Gasteiger partial charge in [0.2, 0.25) is 0 Å². The largest absolute Gasteiger partial charge is 0.507 e. The molecule has 0 unspecified atom stereocenters. The fraction of sp³-hybridized carbons (Fsp3) is 0.393. The van der Waals surface area contributed by atoms with E-state index in [2.05, 4.69) is 32.8 Å². The number of ether oxygens (including phenoxy) is 8. The van der Waals surface area contributed by atoms with Gasteiger partial charge in [-0.05, 0) is 152 Å². The van der Waals surface area contributed by atoms with E-state index in [9.17, 15) is 29.1 Å². The predicted molar refractivity (Wildman–Crippen MR) is 436 cm³/mol. The number of aromatic nitrogens is 4. The number of benzene rings is 6. The van der Waals surface area contributed by atoms with E-state index >= 15 is 0 Å². The lowest BCUT2D eigenvalue weighted by Crippen LogP contribution is -2.37. The van der Waals surface area contributed by atoms with Crippen molar-refractivity contribution in [2.75, 3.05) is 152 Å². The highest BCUT2D eigenvalue weighted by molar-refractivity contribution is 6.20. The lowest BCUT2D eigenvalue weighted by atomic mass is 9.92. The van der Waals surface area contributed by atoms with Crippen LogP contribution in [0.3, 0.4) is 0 Å². The number of nitrogens with one attached hydrogen (secondary N) is 3. The molecule has 2 atom stereocenters. The van der Waals surface area contributed by atoms with E-state index in [0.29, 0.717) is 108 Å². The lowest BCUT2D eigenvalue weighted by molar-refractivity contribution is 0.0509. The van der Waals surface area contributed by atoms with E-state index in [4.69, 9.17) is 71.3 Å². The highest BCUT2D eigenvalue weighted by Gasteiger charge is 2.39. The number of amides is 5. The molecule has 0 saturated carbocycles. The topological polar surface area (TPSA) is 300 Å². The van der Waals surface area contributed by atoms with Gasteiger partial charge in [0, 0.05) is 143 Å². The highest BCUT2D eigenvalue weighted by atomic mass is 35.5. The summed E-state index contributed by atoms with van der Waals surface area (Å²) in [6.07, 6.45) is 12.8. The smallest absolute Gasteiger partial charge is 0.415 e. The number of aliphatic hydroxyl groups is 2. The van der Waals surface area contributed by atoms with Crippen molar-refractivity contribution < 1.29 is 77.2 Å². The number of halogens is 2. The number of imidazole rings is 2. The summed E-state index contributed by atoms with van der Waals surface area (Å²) >= 11 is 12.9. The van der Waals surface area contributed by atoms with Crippen LogP contribution in [-0.4, -0.2) is 200 Å². The molecule has 6 N–H and O–H groups in total. The van der Waals surface area contributed by atoms with Gasteiger partial charge >= 0.3 is 6.09 Å². The van der Waals surface area contributed by atoms with Crippen molar-refractivity contribution >= 4 is 109 Å². The number of aliphatic hydroxyl groups excluding tert-OH is 2. The first kappa shape index (κ1) is 86.0. The average Bonchev–Trinajstić information content (AvgIpc) is 1.56. The Hall–Kier alpha value is -9.97. The van der Waals surface area contributed by atoms with Crippen LogP contribution in [0.25, 0.3) is 32.8 Å². The minimum atomic E-state index is -0.528. The van der Waals surface area contributed by atoms with Gasteiger partial charge in [-0.2, -0.15) is 0 Å². The maximum Gasteiger partial charge on any atom is 0.415 e. The van der Waals surface area contributed by atoms with Gasteiger partial charge in [-0.15, -0.1) is 23.2 Å². The normalized spacial score (nSPS) is 13.9. The molecule has 1 fully saturated rings. The monoisotopic (exact) mass is 1580 g/mol. The zero-order chi connectivity index (χ0) is 78.8. The summed E-state index contributed by atoms with van der Waals surface area (Å²) in [6.45, 7) is 15.5. The molecule has 0 bridgehead atoms. The standard InChI is InChI=1S/C40H44ClN5O8.C31H27ClN4O5.C8H19NO2.C4H8O.CH4/c1-4-5-15-44(16-18-52-19-17-47)40(50)54-34-20-33-37(36-26(2)7-6-8-31(34)36)28(21-41)22-46(33)39(49)32-24-45-23-29(11-14-35(45)43-32)42-38(48)27-9-12-30(13-10-27)53-25-51-3;1-18-4-3-5-23-26(37)12-25-29(28(18)23)20(13-32)14-36(25)31(39)24-16-35-15-21(8-11-27(35)34-24)33-30(38)19-6-9-22(10-7-19)41-17-40-2;1-2-3-4-9-5-7-11-8-6-10;1-2-4-5-3-1;/h6-14,20,23-24,28,47H,4-5,15-19,21-22,25H2,1-3H3,(H,42,48);3-12,15-16,20,37H,13-14,17H2,1-2H3,(H,33,38);9-10H,2-8H2,1H3;1-4H2;1H4/t28-;20-;;;/m11.../s1. The van der Waals surface area contributed by atoms with Crippen LogP contribution in [0.15, 0.2) is 146 Å². The Morgan fingerprint density at radius 3 is 1.55 bits per heavy atom. The Balaban J connectivity index is 0.000000217. The molecule has 0 spiro atoms. The number of pyridine rings is 2. The molecule has 6 aromatic carbocycles. The third-order valence-electron chi connectivity index (χ3n) is 18.7. The highest BCUT2D eigenvalue weighted by Crippen LogP contribution is 2.49. The van der Waals surface area contributed by atoms with Gasteiger partial charge in [0.25, 0.3) is 23.6 Å². The number of hydrogen-bond acceptors (Lipinski definition) is 19. The SMILES string of the molecule is C.C1CCOC1.CCCCN(CCOCCO)C(=O)Oc1cc2c(c3c(C)cccc13)[C@H](CCl)CN2C(=O)c1cn2cc(NC(=O)c3ccc(OCOC)cc3)ccc2n1.CCCCNCCOCCO.COCOc1ccc(C(=O)Nc2ccc3nc(C(=O)N4C[C@@H](CCl)c5c4cc(O)c4cccc(C)c54)cn3c2)cc1. The zero-order valence-electron chi connectivity index (χ0n) is 63.5. The number of phenols is 1. The molecule has 3 aliphatic heterocycles. The first-order valence-corrected chi connectivity index (χ1v) is 38.4. The van der Waals surface area contributed by atoms with Gasteiger partial charge < -0.3 is 92.7 Å². The number of phenolic OH excluding ortho intramolecular Hbond substituents is 1. The van der Waals surface area contributed by atoms with E-state index in [1.54, 1.807) is 133 Å². The lowest BCUT2D eigenvalue weighted by Gasteiger charge is -2.23. The van der Waals surface area contributed by atoms with Gasteiger partial charge in [-0.3, -0.25) is 19.2 Å². The molecule has 7 heterocycles. The number of methoxy groups -OCH3 is 2. The minimum Gasteiger partial charge on any atom is -0.507 e. The van der Waals surface area contributed by atoms with Gasteiger partial charge in [0.05, 0.1) is 62.4 Å². The molecule has 28 heteroatoms. The van der Waals surface area contributed by atoms with Gasteiger partial charge in [-0.25, -0.2) is 14.8 Å². The van der Waals surface area contributed by atoms with Crippen LogP contribution >= 0.6 is 23.2 Å². The van der Waals surface area contributed by atoms with Gasteiger partial charge in [0.15, 0.2) is 13.6 Å². The van der Waals surface area contributed by atoms with Crippen LogP contribution in [0, 0.1) is 13.8 Å². The molecule has 0 radical (unpaired) electrons. The van der Waals surface area contributed by atoms with Crippen LogP contribution in [0.2, 0.25) is 0 Å². The Labute approximate surface area is 662 Å². The molecule has 1 saturated heterocycles. The Morgan fingerprint density at radius 1 is 0.589 bits per heavy atom. The van der Waals surface area contributed by atoms with E-state index in [0.717, 1.165) is 82.9 Å². The molecular formula is C84H102Cl2N10O16. The van der Waals surface area contributed by atoms with Crippen molar-refractivity contribution in [1.82, 2.24) is 29.0 Å². The molecule has 0 aliphatic carbocycles. The van der Waals surface area contributed by atoms with Crippen molar-refractivity contribution in [3.63, 3.8) is 0 Å². The first-order valence-electron chi connectivity index (χ1n) is 37.3. The van der Waals surface area contributed by atoms with Gasteiger partial charge in [0.1, 0.15) is 45.7 Å². The second-order valence-electron chi connectivity index (χ2n) is 26.6. The molecule has 598 valence electrons. The van der Waals surface area contributed by atoms with Crippen LogP contribution in [0.5, 0.6) is 23.0 Å². The second kappa shape index (κ2) is 43.2. The number of anilines is 4. The fourth-order valence-electron chi connectivity index (χ4n) is 13.2. The molecule has 26 nitrogen and oxygen atoms in total. The van der Waals surface area contributed by atoms with E-state index in [-0.39, 0.29) is 106 Å². The number of rotatable bonds is 31. The van der Waals surface area contributed by atoms with Crippen molar-refractivity contribution in [2.24, 2.45) is 0 Å². The summed E-state index contributed by atoms with van der Waals surface area (Å²) in [7, 11) is 3.07. The van der Waals surface area contributed by atoms with Crippen LogP contribution < -0.4 is 40.0 Å². The third-order valence-corrected chi connectivity index (χ3v) is 19.5. The Kier molecular flexibility index (Phi) is 33.2. The number of carbonyl (C=O) groups excluding carboxylic acids is 5. The quantitative estimate of drug-likeness (QED) is 0.0134. The number of hydrogen-bond donors (Lipinski definition) is 6. The van der Waals surface area contributed by atoms with Crippen molar-refractivity contribution in [2.45, 2.75) is 85.5 Å². The summed E-state index contributed by atoms with van der Waals surface area (Å²) in [6, 6.07) is 35.3. The van der Waals surface area contributed by atoms with E-state index in [1.165, 1.54) is 39.9 Å². The molecule has 4 aromatic heterocycles. The molecule has 5 amide bonds. The van der Waals surface area contributed by atoms with E-state index in [1.807, 2.05) is 57.2 Å². The number of nitrogens with zero attached hydrogens (tertiary/aromatic N) is 7. The van der Waals surface area contributed by atoms with Crippen molar-refractivity contribution in [3.8, 4) is 23.0 Å². The fourth-order valence-corrected chi connectivity index (χ4v) is 13.7. The van der Waals surface area contributed by atoms with Crippen LogP contribution in [0.1, 0.15) is 136 Å². The second-order valence-corrected chi connectivity index (χ2v) is 27.3. The maximum absolute atomic E-state index is 14.3. The summed E-state index contributed by atoms with van der Waals surface area (Å²) in [5.41, 5.74) is 8.56. The summed E-state index contributed by atoms with van der Waals surface area (Å²) in [4.78, 5) is 81.5. The number of unbranched alkanes of at least 4 members (excludes halogenated alkanes) is 2. The number of aromatic hydroxyl groups is 1. The number of fused-ring (bicyclic) bond motifs is 8. The minimum absolute atomic E-state index is 0. The number of carbonyl (C=O) groups is 5. The van der Waals surface area contributed by atoms with Crippen LogP contribution in [-0.2, 0) is 23.7 Å². The van der Waals surface area contributed by atoms with Gasteiger partial charge in [-0.1, -0.05) is 70.5 Å². The van der Waals surface area contributed by atoms with Crippen LogP contribution in [0.4, 0.5) is 27.5 Å². The van der Waals surface area contributed by atoms with Crippen molar-refractivity contribution in [3.05, 3.63) is 191 Å². The predicted octanol–water partition coefficient (Wildman–Crippen LogP) is 14.2. The average molecular weight is 1580 g/mol. The van der Waals surface area contributed by atoms with Crippen molar-refractivity contribution in [1.29, 1.82) is 0 Å². The summed E-state index contributed by atoms with van der Waals surface area (Å²) in [5, 5.41) is 40.6. The third kappa shape index (κ3) is 22.0. The molecule has 13 rings (SSSR count). The summed E-state index contributed by atoms with van der Waals surface area (Å²) < 4.78 is 45.5. The Bertz CT molecular complexity index is 4750. The molecule has 112 heavy (non-hydrogen) atoms.